The summed E-state index contributed by atoms with van der Waals surface area (Å²) < 4.78 is 9.91. The standard InChI is InChI=1S/C36H42N4O4/c1-9-23-19(3)27-15-28-21(5)25(11-13-35(41)43-7)34(39-28)17-30-22(6)26(12-14-36(42)44-8)33(40-30)16-29-20(4)24(10-2)32(38-29)18-31(23)37-27/h15-18,38,40H,9-14H2,1-8H3. The highest BCUT2D eigenvalue weighted by atomic mass is 16.5. The fourth-order valence-electron chi connectivity index (χ4n) is 6.41. The maximum Gasteiger partial charge on any atom is 0.305 e. The van der Waals surface area contributed by atoms with E-state index in [9.17, 15) is 9.59 Å². The molecule has 3 aromatic heterocycles. The summed E-state index contributed by atoms with van der Waals surface area (Å²) in [4.78, 5) is 41.8. The van der Waals surface area contributed by atoms with E-state index in [0.717, 1.165) is 85.5 Å². The van der Waals surface area contributed by atoms with Crippen molar-refractivity contribution in [3.8, 4) is 0 Å². The highest BCUT2D eigenvalue weighted by molar-refractivity contribution is 5.96. The minimum Gasteiger partial charge on any atom is -0.469 e. The molecule has 5 heterocycles. The van der Waals surface area contributed by atoms with Crippen LogP contribution in [0.5, 0.6) is 0 Å². The lowest BCUT2D eigenvalue weighted by Crippen LogP contribution is -2.02. The predicted octanol–water partition coefficient (Wildman–Crippen LogP) is 7.82. The minimum absolute atomic E-state index is 0.247. The smallest absolute Gasteiger partial charge is 0.305 e. The summed E-state index contributed by atoms with van der Waals surface area (Å²) in [6, 6.07) is 8.45. The third kappa shape index (κ3) is 5.73. The summed E-state index contributed by atoms with van der Waals surface area (Å²) >= 11 is 0. The lowest BCUT2D eigenvalue weighted by molar-refractivity contribution is -0.141. The quantitative estimate of drug-likeness (QED) is 0.257. The van der Waals surface area contributed by atoms with Crippen molar-refractivity contribution in [3.05, 3.63) is 69.3 Å². The molecule has 8 bridgehead atoms. The van der Waals surface area contributed by atoms with Crippen molar-refractivity contribution < 1.29 is 19.1 Å². The zero-order valence-corrected chi connectivity index (χ0v) is 27.1. The number of carbonyl (C=O) groups is 2. The predicted molar refractivity (Wildman–Crippen MR) is 177 cm³/mol. The number of rotatable bonds is 8. The molecule has 44 heavy (non-hydrogen) atoms. The Bertz CT molecular complexity index is 1890. The molecule has 5 rings (SSSR count). The summed E-state index contributed by atoms with van der Waals surface area (Å²) in [7, 11) is 2.83. The van der Waals surface area contributed by atoms with E-state index in [0.29, 0.717) is 12.8 Å². The summed E-state index contributed by atoms with van der Waals surface area (Å²) in [6.45, 7) is 12.8. The molecule has 0 aromatic carbocycles. The average Bonchev–Trinajstić information content (AvgIpc) is 3.67. The highest BCUT2D eigenvalue weighted by Gasteiger charge is 2.22. The zero-order valence-electron chi connectivity index (χ0n) is 27.1. The molecule has 0 spiro atoms. The fraction of sp³-hybridized carbons (Fsp3) is 0.389. The lowest BCUT2D eigenvalue weighted by atomic mass is 10.00. The van der Waals surface area contributed by atoms with Crippen molar-refractivity contribution >= 4 is 56.3 Å². The number of nitrogens with zero attached hydrogens (tertiary/aromatic N) is 2. The first kappa shape index (κ1) is 31.0. The van der Waals surface area contributed by atoms with Gasteiger partial charge in [-0.1, -0.05) is 13.8 Å². The van der Waals surface area contributed by atoms with Gasteiger partial charge in [-0.05, 0) is 122 Å². The van der Waals surface area contributed by atoms with Gasteiger partial charge in [0.1, 0.15) is 0 Å². The molecule has 0 saturated carbocycles. The number of nitrogens with one attached hydrogen (secondary N) is 2. The number of methoxy groups -OCH3 is 2. The number of hydrogen-bond acceptors (Lipinski definition) is 6. The fourth-order valence-corrected chi connectivity index (χ4v) is 6.41. The summed E-state index contributed by atoms with van der Waals surface area (Å²) in [5.41, 5.74) is 16.4. The molecular formula is C36H42N4O4. The van der Waals surface area contributed by atoms with E-state index in [2.05, 4.69) is 75.8 Å². The maximum atomic E-state index is 12.2. The molecule has 0 atom stereocenters. The Labute approximate surface area is 258 Å². The molecule has 0 amide bonds. The van der Waals surface area contributed by atoms with Gasteiger partial charge in [-0.25, -0.2) is 9.97 Å². The molecular weight excluding hydrogens is 552 g/mol. The van der Waals surface area contributed by atoms with Gasteiger partial charge in [-0.2, -0.15) is 0 Å². The summed E-state index contributed by atoms with van der Waals surface area (Å²) in [5.74, 6) is -0.504. The highest BCUT2D eigenvalue weighted by Crippen LogP contribution is 2.37. The van der Waals surface area contributed by atoms with Crippen LogP contribution < -0.4 is 0 Å². The Morgan fingerprint density at radius 2 is 1.11 bits per heavy atom. The van der Waals surface area contributed by atoms with E-state index >= 15 is 0 Å². The Morgan fingerprint density at radius 1 is 0.614 bits per heavy atom. The monoisotopic (exact) mass is 594 g/mol. The van der Waals surface area contributed by atoms with Crippen LogP contribution in [0.25, 0.3) is 44.4 Å². The van der Waals surface area contributed by atoms with Gasteiger partial charge in [-0.15, -0.1) is 0 Å². The number of allylic oxidation sites excluding steroid dienone is 4. The Hall–Kier alpha value is -4.46. The molecule has 8 heteroatoms. The Kier molecular flexibility index (Phi) is 8.90. The van der Waals surface area contributed by atoms with Gasteiger partial charge in [0.05, 0.1) is 37.0 Å². The number of carbonyl (C=O) groups excluding carboxylic acids is 2. The second-order valence-corrected chi connectivity index (χ2v) is 11.5. The number of aromatic amines is 2. The number of ether oxygens (including phenoxy) is 2. The van der Waals surface area contributed by atoms with Crippen LogP contribution in [0.3, 0.4) is 0 Å². The van der Waals surface area contributed by atoms with Crippen LogP contribution in [0.4, 0.5) is 0 Å². The summed E-state index contributed by atoms with van der Waals surface area (Å²) in [6.07, 6.45) is 3.33. The number of fused-ring (bicyclic) bond motifs is 8. The van der Waals surface area contributed by atoms with Crippen molar-refractivity contribution in [1.29, 1.82) is 0 Å². The van der Waals surface area contributed by atoms with E-state index in [1.807, 2.05) is 0 Å². The van der Waals surface area contributed by atoms with Gasteiger partial charge >= 0.3 is 11.9 Å². The van der Waals surface area contributed by atoms with E-state index in [1.165, 1.54) is 30.9 Å². The molecule has 0 saturated heterocycles. The van der Waals surface area contributed by atoms with Crippen molar-refractivity contribution in [2.45, 2.75) is 80.1 Å². The first-order valence-corrected chi connectivity index (χ1v) is 15.4. The number of aromatic nitrogens is 4. The van der Waals surface area contributed by atoms with Gasteiger partial charge in [0.2, 0.25) is 0 Å². The molecule has 2 N–H and O–H groups in total. The summed E-state index contributed by atoms with van der Waals surface area (Å²) in [5, 5.41) is 0. The normalized spacial score (nSPS) is 13.1. The third-order valence-electron chi connectivity index (χ3n) is 9.12. The number of hydrogen-bond donors (Lipinski definition) is 2. The first-order valence-electron chi connectivity index (χ1n) is 15.4. The largest absolute Gasteiger partial charge is 0.469 e. The lowest BCUT2D eigenvalue weighted by Gasteiger charge is -2.04. The molecule has 0 radical (unpaired) electrons. The van der Waals surface area contributed by atoms with Gasteiger partial charge < -0.3 is 19.4 Å². The van der Waals surface area contributed by atoms with Gasteiger partial charge in [0, 0.05) is 34.9 Å². The van der Waals surface area contributed by atoms with E-state index in [-0.39, 0.29) is 24.8 Å². The van der Waals surface area contributed by atoms with E-state index < -0.39 is 0 Å². The number of esters is 2. The molecule has 2 aliphatic rings. The maximum absolute atomic E-state index is 12.2. The van der Waals surface area contributed by atoms with Crippen molar-refractivity contribution in [3.63, 3.8) is 0 Å². The number of aryl methyl sites for hydroxylation is 4. The minimum atomic E-state index is -0.258. The van der Waals surface area contributed by atoms with E-state index in [4.69, 9.17) is 19.4 Å². The number of H-pyrrole nitrogens is 2. The first-order chi connectivity index (χ1) is 21.1. The third-order valence-corrected chi connectivity index (χ3v) is 9.12. The second-order valence-electron chi connectivity index (χ2n) is 11.5. The molecule has 0 fully saturated rings. The molecule has 230 valence electrons. The van der Waals surface area contributed by atoms with Crippen LogP contribution in [-0.2, 0) is 31.9 Å². The molecule has 2 aliphatic heterocycles. The molecule has 0 aliphatic carbocycles. The van der Waals surface area contributed by atoms with Crippen LogP contribution in [0, 0.1) is 13.8 Å². The topological polar surface area (TPSA) is 110 Å². The average molecular weight is 595 g/mol. The van der Waals surface area contributed by atoms with Crippen LogP contribution in [0.15, 0.2) is 24.3 Å². The van der Waals surface area contributed by atoms with Crippen molar-refractivity contribution in [2.24, 2.45) is 0 Å². The van der Waals surface area contributed by atoms with Crippen molar-refractivity contribution in [2.75, 3.05) is 14.2 Å². The zero-order chi connectivity index (χ0) is 31.7. The van der Waals surface area contributed by atoms with Crippen LogP contribution in [0.2, 0.25) is 0 Å². The van der Waals surface area contributed by atoms with Gasteiger partial charge in [0.25, 0.3) is 0 Å². The van der Waals surface area contributed by atoms with Crippen molar-refractivity contribution in [1.82, 2.24) is 19.9 Å². The van der Waals surface area contributed by atoms with E-state index in [1.54, 1.807) is 0 Å². The Balaban J connectivity index is 1.89. The van der Waals surface area contributed by atoms with Gasteiger partial charge in [0.15, 0.2) is 0 Å². The second kappa shape index (κ2) is 12.6. The molecule has 3 aromatic rings. The molecule has 8 nitrogen and oxygen atoms in total. The SMILES string of the molecule is CCC1=C(C)c2cc3nc(cc4[nH]c(cc5[nH]c(cc1n2)c(CC)c5C)c(CCC(=O)OC)c4C)C(CCC(=O)OC)=C3C. The van der Waals surface area contributed by atoms with Crippen LogP contribution >= 0.6 is 0 Å². The van der Waals surface area contributed by atoms with Crippen LogP contribution in [-0.4, -0.2) is 46.1 Å². The van der Waals surface area contributed by atoms with Gasteiger partial charge in [-0.3, -0.25) is 9.59 Å². The molecule has 0 unspecified atom stereocenters. The van der Waals surface area contributed by atoms with Crippen LogP contribution in [0.1, 0.15) is 98.4 Å². The Morgan fingerprint density at radius 3 is 1.70 bits per heavy atom.